The van der Waals surface area contributed by atoms with Crippen LogP contribution < -0.4 is 4.90 Å². The quantitative estimate of drug-likeness (QED) is 0.574. The Bertz CT molecular complexity index is 1230. The summed E-state index contributed by atoms with van der Waals surface area (Å²) in [6.45, 7) is 7.66. The fourth-order valence-corrected chi connectivity index (χ4v) is 4.39. The molecule has 3 heterocycles. The molecular weight excluding hydrogens is 424 g/mol. The van der Waals surface area contributed by atoms with Crippen LogP contribution in [0.1, 0.15) is 36.8 Å². The molecule has 1 aromatic heterocycles. The van der Waals surface area contributed by atoms with Crippen LogP contribution in [0.3, 0.4) is 0 Å². The standard InChI is InChI=1S/C25H25F2N5O/c1-4-30-24(33)21-23(32-14-20(15(2)3)28-25(30)32)31(13-16-5-9-18(26)10-6-16)22(29-21)17-7-11-19(27)12-8-17/h5-12,15,20H,4,13-14H2,1-3H3/t20-/m0/s1. The van der Waals surface area contributed by atoms with Crippen LogP contribution in [0.5, 0.6) is 0 Å². The maximum absolute atomic E-state index is 13.6. The minimum Gasteiger partial charge on any atom is -0.305 e. The first kappa shape index (κ1) is 21.3. The van der Waals surface area contributed by atoms with Crippen molar-refractivity contribution in [1.29, 1.82) is 0 Å². The number of hydrogen-bond acceptors (Lipinski definition) is 4. The van der Waals surface area contributed by atoms with Gasteiger partial charge in [0, 0.05) is 12.1 Å². The molecule has 2 aliphatic rings. The molecule has 0 N–H and O–H groups in total. The number of halogens is 2. The summed E-state index contributed by atoms with van der Waals surface area (Å²) in [5.74, 6) is 1.33. The molecule has 8 heteroatoms. The Balaban J connectivity index is 1.70. The second-order valence-electron chi connectivity index (χ2n) is 8.73. The van der Waals surface area contributed by atoms with Gasteiger partial charge >= 0.3 is 0 Å². The van der Waals surface area contributed by atoms with Gasteiger partial charge in [0.1, 0.15) is 23.3 Å². The molecule has 0 bridgehead atoms. The van der Waals surface area contributed by atoms with Crippen LogP contribution in [0.4, 0.5) is 14.6 Å². The van der Waals surface area contributed by atoms with Crippen molar-refractivity contribution in [2.45, 2.75) is 33.4 Å². The summed E-state index contributed by atoms with van der Waals surface area (Å²) in [6, 6.07) is 12.4. The Morgan fingerprint density at radius 1 is 1.03 bits per heavy atom. The molecule has 6 nitrogen and oxygen atoms in total. The van der Waals surface area contributed by atoms with Crippen LogP contribution in [0.25, 0.3) is 11.4 Å². The number of amides is 1. The lowest BCUT2D eigenvalue weighted by Crippen LogP contribution is -2.50. The number of benzene rings is 2. The number of aliphatic imine (C=N–C) groups is 1. The summed E-state index contributed by atoms with van der Waals surface area (Å²) in [5.41, 5.74) is 1.91. The Labute approximate surface area is 191 Å². The molecule has 1 atom stereocenters. The number of imidazole rings is 1. The van der Waals surface area contributed by atoms with Gasteiger partial charge in [-0.1, -0.05) is 26.0 Å². The van der Waals surface area contributed by atoms with Gasteiger partial charge in [0.15, 0.2) is 5.69 Å². The number of guanidine groups is 1. The summed E-state index contributed by atoms with van der Waals surface area (Å²) < 4.78 is 29.1. The number of carbonyl (C=O) groups is 1. The van der Waals surface area contributed by atoms with Gasteiger partial charge in [0.05, 0.1) is 19.1 Å². The predicted molar refractivity (Wildman–Crippen MR) is 123 cm³/mol. The molecule has 0 unspecified atom stereocenters. The number of fused-ring (bicyclic) bond motifs is 3. The second-order valence-corrected chi connectivity index (χ2v) is 8.73. The zero-order chi connectivity index (χ0) is 23.3. The highest BCUT2D eigenvalue weighted by atomic mass is 19.1. The van der Waals surface area contributed by atoms with Gasteiger partial charge in [-0.15, -0.1) is 0 Å². The van der Waals surface area contributed by atoms with Crippen LogP contribution >= 0.6 is 0 Å². The molecular formula is C25H25F2N5O. The molecule has 0 radical (unpaired) electrons. The van der Waals surface area contributed by atoms with E-state index in [-0.39, 0.29) is 23.6 Å². The smallest absolute Gasteiger partial charge is 0.283 e. The number of rotatable bonds is 5. The van der Waals surface area contributed by atoms with E-state index in [1.165, 1.54) is 24.3 Å². The van der Waals surface area contributed by atoms with Gasteiger partial charge in [-0.2, -0.15) is 0 Å². The third-order valence-corrected chi connectivity index (χ3v) is 6.22. The van der Waals surface area contributed by atoms with Gasteiger partial charge < -0.3 is 4.57 Å². The van der Waals surface area contributed by atoms with Crippen molar-refractivity contribution in [3.8, 4) is 11.4 Å². The molecule has 0 saturated carbocycles. The monoisotopic (exact) mass is 449 g/mol. The van der Waals surface area contributed by atoms with E-state index in [0.717, 1.165) is 5.56 Å². The Morgan fingerprint density at radius 2 is 1.67 bits per heavy atom. The van der Waals surface area contributed by atoms with Crippen molar-refractivity contribution in [1.82, 2.24) is 14.5 Å². The van der Waals surface area contributed by atoms with E-state index in [0.29, 0.717) is 54.4 Å². The zero-order valence-corrected chi connectivity index (χ0v) is 18.8. The predicted octanol–water partition coefficient (Wildman–Crippen LogP) is 4.55. The maximum atomic E-state index is 13.6. The van der Waals surface area contributed by atoms with Crippen molar-refractivity contribution in [3.63, 3.8) is 0 Å². The molecule has 0 aliphatic carbocycles. The largest absolute Gasteiger partial charge is 0.305 e. The van der Waals surface area contributed by atoms with E-state index >= 15 is 0 Å². The van der Waals surface area contributed by atoms with E-state index in [9.17, 15) is 13.6 Å². The average molecular weight is 450 g/mol. The zero-order valence-electron chi connectivity index (χ0n) is 18.8. The van der Waals surface area contributed by atoms with Crippen LogP contribution in [0.2, 0.25) is 0 Å². The van der Waals surface area contributed by atoms with Gasteiger partial charge in [0.2, 0.25) is 5.96 Å². The van der Waals surface area contributed by atoms with Gasteiger partial charge in [-0.3, -0.25) is 14.6 Å². The summed E-state index contributed by atoms with van der Waals surface area (Å²) in [4.78, 5) is 26.8. The Hall–Kier alpha value is -3.55. The molecule has 3 aromatic rings. The summed E-state index contributed by atoms with van der Waals surface area (Å²) in [7, 11) is 0. The number of hydrogen-bond donors (Lipinski definition) is 0. The first-order valence-corrected chi connectivity index (χ1v) is 11.2. The average Bonchev–Trinajstić information content (AvgIpc) is 3.39. The summed E-state index contributed by atoms with van der Waals surface area (Å²) >= 11 is 0. The highest BCUT2D eigenvalue weighted by molar-refractivity contribution is 6.18. The molecule has 1 amide bonds. The van der Waals surface area contributed by atoms with E-state index in [1.54, 1.807) is 29.2 Å². The Kier molecular flexibility index (Phi) is 5.23. The fraction of sp³-hybridized carbons (Fsp3) is 0.320. The maximum Gasteiger partial charge on any atom is 0.283 e. The van der Waals surface area contributed by atoms with Gasteiger partial charge in [0.25, 0.3) is 5.91 Å². The number of nitrogens with zero attached hydrogens (tertiary/aromatic N) is 5. The first-order valence-electron chi connectivity index (χ1n) is 11.2. The molecule has 33 heavy (non-hydrogen) atoms. The lowest BCUT2D eigenvalue weighted by molar-refractivity contribution is 0.0841. The molecule has 0 spiro atoms. The molecule has 2 aromatic carbocycles. The molecule has 170 valence electrons. The van der Waals surface area contributed by atoms with Crippen LogP contribution in [0.15, 0.2) is 53.5 Å². The van der Waals surface area contributed by atoms with Crippen molar-refractivity contribution in [2.75, 3.05) is 18.0 Å². The van der Waals surface area contributed by atoms with Crippen LogP contribution in [-0.2, 0) is 6.54 Å². The van der Waals surface area contributed by atoms with Gasteiger partial charge in [-0.05, 0) is 54.8 Å². The third-order valence-electron chi connectivity index (χ3n) is 6.22. The fourth-order valence-electron chi connectivity index (χ4n) is 4.39. The molecule has 0 fully saturated rings. The Morgan fingerprint density at radius 3 is 2.27 bits per heavy atom. The van der Waals surface area contributed by atoms with E-state index in [4.69, 9.17) is 9.98 Å². The minimum atomic E-state index is -0.345. The van der Waals surface area contributed by atoms with Crippen LogP contribution in [-0.4, -0.2) is 45.4 Å². The van der Waals surface area contributed by atoms with E-state index < -0.39 is 0 Å². The number of anilines is 1. The highest BCUT2D eigenvalue weighted by Crippen LogP contribution is 2.37. The minimum absolute atomic E-state index is 0.0521. The van der Waals surface area contributed by atoms with Crippen molar-refractivity contribution in [2.24, 2.45) is 10.9 Å². The summed E-state index contributed by atoms with van der Waals surface area (Å²) in [6.07, 6.45) is 0. The topological polar surface area (TPSA) is 53.7 Å². The van der Waals surface area contributed by atoms with Crippen molar-refractivity contribution < 1.29 is 13.6 Å². The van der Waals surface area contributed by atoms with E-state index in [2.05, 4.69) is 18.7 Å². The van der Waals surface area contributed by atoms with Crippen LogP contribution in [0, 0.1) is 17.6 Å². The normalized spacial score (nSPS) is 17.5. The van der Waals surface area contributed by atoms with E-state index in [1.807, 2.05) is 11.5 Å². The molecule has 2 aliphatic heterocycles. The SMILES string of the molecule is CCN1C(=O)c2nc(-c3ccc(F)cc3)n(Cc3ccc(F)cc3)c2N2C[C@@H](C(C)C)N=C12. The van der Waals surface area contributed by atoms with Crippen molar-refractivity contribution >= 4 is 17.7 Å². The van der Waals surface area contributed by atoms with Crippen molar-refractivity contribution in [3.05, 3.63) is 71.4 Å². The lowest BCUT2D eigenvalue weighted by atomic mass is 10.1. The highest BCUT2D eigenvalue weighted by Gasteiger charge is 2.44. The number of carbonyl (C=O) groups excluding carboxylic acids is 1. The second kappa shape index (κ2) is 8.10. The first-order chi connectivity index (χ1) is 15.9. The third kappa shape index (κ3) is 3.59. The summed E-state index contributed by atoms with van der Waals surface area (Å²) in [5, 5.41) is 0. The molecule has 5 rings (SSSR count). The van der Waals surface area contributed by atoms with Gasteiger partial charge in [-0.25, -0.2) is 18.8 Å². The molecule has 0 saturated heterocycles. The number of aromatic nitrogens is 2. The lowest BCUT2D eigenvalue weighted by Gasteiger charge is -2.33.